The molecule has 0 aliphatic heterocycles. The lowest BCUT2D eigenvalue weighted by molar-refractivity contribution is 0.190. The fraction of sp³-hybridized carbons (Fsp3) is 0.300. The maximum absolute atomic E-state index is 12.7. The molecule has 0 saturated heterocycles. The third-order valence-electron chi connectivity index (χ3n) is 1.69. The zero-order chi connectivity index (χ0) is 8.97. The SMILES string of the molecule is [CH2]C(COC)c1cccc(F)c1. The fourth-order valence-corrected chi connectivity index (χ4v) is 1.06. The number of halogens is 1. The maximum atomic E-state index is 12.7. The molecule has 0 fully saturated rings. The van der Waals surface area contributed by atoms with E-state index in [1.165, 1.54) is 12.1 Å². The predicted molar refractivity (Wildman–Crippen MR) is 46.4 cm³/mol. The van der Waals surface area contributed by atoms with Gasteiger partial charge in [-0.15, -0.1) is 0 Å². The number of hydrogen-bond donors (Lipinski definition) is 0. The molecule has 1 nitrogen and oxygen atoms in total. The number of methoxy groups -OCH3 is 1. The normalized spacial score (nSPS) is 12.9. The Morgan fingerprint density at radius 3 is 2.92 bits per heavy atom. The second kappa shape index (κ2) is 4.21. The first-order valence-corrected chi connectivity index (χ1v) is 3.81. The molecule has 0 aromatic heterocycles. The summed E-state index contributed by atoms with van der Waals surface area (Å²) in [7, 11) is 1.61. The topological polar surface area (TPSA) is 9.23 Å². The highest BCUT2D eigenvalue weighted by molar-refractivity contribution is 5.21. The Balaban J connectivity index is 2.73. The molecule has 1 aromatic carbocycles. The van der Waals surface area contributed by atoms with Crippen LogP contribution >= 0.6 is 0 Å². The third-order valence-corrected chi connectivity index (χ3v) is 1.69. The van der Waals surface area contributed by atoms with E-state index in [4.69, 9.17) is 4.74 Å². The van der Waals surface area contributed by atoms with Crippen LogP contribution in [0.15, 0.2) is 24.3 Å². The Kier molecular flexibility index (Phi) is 3.23. The van der Waals surface area contributed by atoms with Crippen molar-refractivity contribution in [2.24, 2.45) is 0 Å². The maximum Gasteiger partial charge on any atom is 0.123 e. The molecule has 0 N–H and O–H groups in total. The average Bonchev–Trinajstić information content (AvgIpc) is 2.05. The molecule has 0 spiro atoms. The van der Waals surface area contributed by atoms with Crippen molar-refractivity contribution in [1.29, 1.82) is 0 Å². The van der Waals surface area contributed by atoms with Crippen LogP contribution in [0, 0.1) is 12.7 Å². The van der Waals surface area contributed by atoms with Gasteiger partial charge in [0.2, 0.25) is 0 Å². The summed E-state index contributed by atoms with van der Waals surface area (Å²) < 4.78 is 17.6. The molecule has 1 rings (SSSR count). The van der Waals surface area contributed by atoms with Crippen molar-refractivity contribution in [3.8, 4) is 0 Å². The minimum atomic E-state index is -0.225. The van der Waals surface area contributed by atoms with Gasteiger partial charge in [0.25, 0.3) is 0 Å². The average molecular weight is 167 g/mol. The van der Waals surface area contributed by atoms with Crippen molar-refractivity contribution in [2.45, 2.75) is 5.92 Å². The molecule has 0 amide bonds. The largest absolute Gasteiger partial charge is 0.384 e. The molecule has 0 heterocycles. The van der Waals surface area contributed by atoms with Crippen LogP contribution in [0.3, 0.4) is 0 Å². The summed E-state index contributed by atoms with van der Waals surface area (Å²) in [5.74, 6) is -0.219. The molecule has 0 saturated carbocycles. The van der Waals surface area contributed by atoms with Crippen LogP contribution < -0.4 is 0 Å². The monoisotopic (exact) mass is 167 g/mol. The number of benzene rings is 1. The molecule has 1 aromatic rings. The predicted octanol–water partition coefficient (Wildman–Crippen LogP) is 2.39. The van der Waals surface area contributed by atoms with Crippen LogP contribution in [0.5, 0.6) is 0 Å². The van der Waals surface area contributed by atoms with E-state index >= 15 is 0 Å². The molecule has 65 valence electrons. The minimum Gasteiger partial charge on any atom is -0.384 e. The highest BCUT2D eigenvalue weighted by Crippen LogP contribution is 2.15. The molecule has 12 heavy (non-hydrogen) atoms. The lowest BCUT2D eigenvalue weighted by Crippen LogP contribution is -2.02. The van der Waals surface area contributed by atoms with Gasteiger partial charge in [0.1, 0.15) is 5.82 Å². The fourth-order valence-electron chi connectivity index (χ4n) is 1.06. The van der Waals surface area contributed by atoms with Crippen molar-refractivity contribution in [3.63, 3.8) is 0 Å². The van der Waals surface area contributed by atoms with Gasteiger partial charge in [-0.05, 0) is 24.6 Å². The molecule has 1 unspecified atom stereocenters. The lowest BCUT2D eigenvalue weighted by atomic mass is 10.0. The molecule has 0 aliphatic carbocycles. The van der Waals surface area contributed by atoms with E-state index in [9.17, 15) is 4.39 Å². The van der Waals surface area contributed by atoms with E-state index in [1.807, 2.05) is 6.07 Å². The van der Waals surface area contributed by atoms with Crippen molar-refractivity contribution in [2.75, 3.05) is 13.7 Å². The first-order valence-electron chi connectivity index (χ1n) is 3.81. The summed E-state index contributed by atoms with van der Waals surface area (Å²) in [5.41, 5.74) is 0.872. The Labute approximate surface area is 72.2 Å². The van der Waals surface area contributed by atoms with Gasteiger partial charge in [-0.2, -0.15) is 0 Å². The summed E-state index contributed by atoms with van der Waals surface area (Å²) >= 11 is 0. The van der Waals surface area contributed by atoms with Gasteiger partial charge in [-0.25, -0.2) is 4.39 Å². The van der Waals surface area contributed by atoms with Crippen LogP contribution in [-0.4, -0.2) is 13.7 Å². The summed E-state index contributed by atoms with van der Waals surface area (Å²) in [6.45, 7) is 4.36. The van der Waals surface area contributed by atoms with Crippen LogP contribution in [0.2, 0.25) is 0 Å². The Bertz CT molecular complexity index is 247. The molecular weight excluding hydrogens is 155 g/mol. The lowest BCUT2D eigenvalue weighted by Gasteiger charge is -2.09. The van der Waals surface area contributed by atoms with Crippen molar-refractivity contribution in [3.05, 3.63) is 42.6 Å². The standard InChI is InChI=1S/C10H12FO/c1-8(7-12-2)9-4-3-5-10(11)6-9/h3-6,8H,1,7H2,2H3. The molecule has 0 aliphatic rings. The van der Waals surface area contributed by atoms with E-state index in [0.717, 1.165) is 5.56 Å². The van der Waals surface area contributed by atoms with Crippen LogP contribution in [0.4, 0.5) is 4.39 Å². The first-order chi connectivity index (χ1) is 5.74. The van der Waals surface area contributed by atoms with E-state index < -0.39 is 0 Å². The number of hydrogen-bond acceptors (Lipinski definition) is 1. The summed E-state index contributed by atoms with van der Waals surface area (Å²) in [6, 6.07) is 6.43. The van der Waals surface area contributed by atoms with Crippen LogP contribution in [0.1, 0.15) is 11.5 Å². The van der Waals surface area contributed by atoms with Gasteiger partial charge >= 0.3 is 0 Å². The summed E-state index contributed by atoms with van der Waals surface area (Å²) in [6.07, 6.45) is 0. The van der Waals surface area contributed by atoms with E-state index in [0.29, 0.717) is 6.61 Å². The Morgan fingerprint density at radius 1 is 1.58 bits per heavy atom. The van der Waals surface area contributed by atoms with Gasteiger partial charge in [-0.1, -0.05) is 12.1 Å². The van der Waals surface area contributed by atoms with E-state index in [2.05, 4.69) is 6.92 Å². The number of rotatable bonds is 3. The van der Waals surface area contributed by atoms with Gasteiger partial charge in [0, 0.05) is 13.0 Å². The zero-order valence-corrected chi connectivity index (χ0v) is 7.09. The molecule has 2 heteroatoms. The molecular formula is C10H12FO. The van der Waals surface area contributed by atoms with E-state index in [1.54, 1.807) is 13.2 Å². The van der Waals surface area contributed by atoms with Crippen molar-refractivity contribution >= 4 is 0 Å². The second-order valence-electron chi connectivity index (χ2n) is 2.71. The molecule has 0 bridgehead atoms. The quantitative estimate of drug-likeness (QED) is 0.671. The first kappa shape index (κ1) is 9.20. The van der Waals surface area contributed by atoms with Crippen molar-refractivity contribution in [1.82, 2.24) is 0 Å². The van der Waals surface area contributed by atoms with Crippen LogP contribution in [-0.2, 0) is 4.74 Å². The van der Waals surface area contributed by atoms with Gasteiger partial charge in [0.05, 0.1) is 6.61 Å². The van der Waals surface area contributed by atoms with Crippen LogP contribution in [0.25, 0.3) is 0 Å². The highest BCUT2D eigenvalue weighted by Gasteiger charge is 2.04. The summed E-state index contributed by atoms with van der Waals surface area (Å²) in [5, 5.41) is 0. The smallest absolute Gasteiger partial charge is 0.123 e. The zero-order valence-electron chi connectivity index (χ0n) is 7.09. The molecule has 1 radical (unpaired) electrons. The number of ether oxygens (including phenoxy) is 1. The second-order valence-corrected chi connectivity index (χ2v) is 2.71. The van der Waals surface area contributed by atoms with Gasteiger partial charge < -0.3 is 4.74 Å². The Hall–Kier alpha value is -0.890. The highest BCUT2D eigenvalue weighted by atomic mass is 19.1. The third kappa shape index (κ3) is 2.31. The minimum absolute atomic E-state index is 0.00528. The van der Waals surface area contributed by atoms with E-state index in [-0.39, 0.29) is 11.7 Å². The Morgan fingerprint density at radius 2 is 2.33 bits per heavy atom. The summed E-state index contributed by atoms with van der Waals surface area (Å²) in [4.78, 5) is 0. The van der Waals surface area contributed by atoms with Gasteiger partial charge in [0.15, 0.2) is 0 Å². The molecule has 1 atom stereocenters. The van der Waals surface area contributed by atoms with Crippen molar-refractivity contribution < 1.29 is 9.13 Å². The van der Waals surface area contributed by atoms with Gasteiger partial charge in [-0.3, -0.25) is 0 Å².